The molecule has 1 atom stereocenters. The third-order valence-electron chi connectivity index (χ3n) is 2.51. The number of benzene rings is 1. The summed E-state index contributed by atoms with van der Waals surface area (Å²) in [4.78, 5) is 4.66. The zero-order valence-electron chi connectivity index (χ0n) is 9.79. The fraction of sp³-hybridized carbons (Fsp3) is 0.462. The normalized spacial score (nSPS) is 15.1. The van der Waals surface area contributed by atoms with Gasteiger partial charge in [-0.3, -0.25) is 4.99 Å². The predicted octanol–water partition coefficient (Wildman–Crippen LogP) is 4.01. The number of alkyl halides is 1. The van der Waals surface area contributed by atoms with E-state index in [0.717, 1.165) is 5.71 Å². The highest BCUT2D eigenvalue weighted by Crippen LogP contribution is 2.25. The molecule has 0 bridgehead atoms. The molecule has 0 aromatic heterocycles. The Kier molecular flexibility index (Phi) is 3.92. The molecular weight excluding hydrogens is 206 g/mol. The van der Waals surface area contributed by atoms with Crippen molar-refractivity contribution in [2.45, 2.75) is 38.6 Å². The van der Waals surface area contributed by atoms with Crippen LogP contribution in [0, 0.1) is 0 Å². The van der Waals surface area contributed by atoms with Gasteiger partial charge >= 0.3 is 0 Å². The third-order valence-corrected chi connectivity index (χ3v) is 2.83. The summed E-state index contributed by atoms with van der Waals surface area (Å²) >= 11 is 5.99. The van der Waals surface area contributed by atoms with E-state index < -0.39 is 0 Å². The minimum atomic E-state index is -0.200. The van der Waals surface area contributed by atoms with Crippen LogP contribution in [-0.2, 0) is 5.54 Å². The molecule has 82 valence electrons. The molecule has 1 rings (SSSR count). The van der Waals surface area contributed by atoms with Crippen LogP contribution in [0.1, 0.15) is 33.3 Å². The predicted molar refractivity (Wildman–Crippen MR) is 67.9 cm³/mol. The van der Waals surface area contributed by atoms with Crippen LogP contribution in [0.15, 0.2) is 35.3 Å². The number of aliphatic imine (C=N–C) groups is 1. The second-order valence-corrected chi connectivity index (χ2v) is 4.95. The Labute approximate surface area is 97.2 Å². The van der Waals surface area contributed by atoms with Crippen molar-refractivity contribution < 1.29 is 0 Å². The minimum absolute atomic E-state index is 0.00649. The Morgan fingerprint density at radius 3 is 2.27 bits per heavy atom. The Morgan fingerprint density at radius 1 is 1.27 bits per heavy atom. The monoisotopic (exact) mass is 223 g/mol. The fourth-order valence-corrected chi connectivity index (χ4v) is 1.49. The molecule has 0 spiro atoms. The van der Waals surface area contributed by atoms with Crippen molar-refractivity contribution in [2.24, 2.45) is 4.99 Å². The third kappa shape index (κ3) is 3.35. The van der Waals surface area contributed by atoms with Crippen molar-refractivity contribution in [1.29, 1.82) is 0 Å². The molecule has 0 aliphatic carbocycles. The van der Waals surface area contributed by atoms with E-state index in [-0.39, 0.29) is 10.9 Å². The Balaban J connectivity index is 2.99. The van der Waals surface area contributed by atoms with Gasteiger partial charge in [0, 0.05) is 5.71 Å². The first-order valence-electron chi connectivity index (χ1n) is 5.19. The van der Waals surface area contributed by atoms with Crippen molar-refractivity contribution >= 4 is 17.3 Å². The summed E-state index contributed by atoms with van der Waals surface area (Å²) in [7, 11) is 0. The Morgan fingerprint density at radius 2 is 1.80 bits per heavy atom. The van der Waals surface area contributed by atoms with Gasteiger partial charge < -0.3 is 0 Å². The smallest absolute Gasteiger partial charge is 0.0800 e. The van der Waals surface area contributed by atoms with Gasteiger partial charge in [-0.25, -0.2) is 0 Å². The van der Waals surface area contributed by atoms with E-state index in [9.17, 15) is 0 Å². The molecule has 0 aliphatic rings. The highest BCUT2D eigenvalue weighted by atomic mass is 35.5. The van der Waals surface area contributed by atoms with E-state index in [0.29, 0.717) is 0 Å². The Hall–Kier alpha value is -0.820. The molecule has 0 fully saturated rings. The van der Waals surface area contributed by atoms with E-state index in [1.165, 1.54) is 5.56 Å². The highest BCUT2D eigenvalue weighted by molar-refractivity contribution is 6.31. The van der Waals surface area contributed by atoms with Crippen LogP contribution >= 0.6 is 11.6 Å². The topological polar surface area (TPSA) is 12.4 Å². The molecule has 0 aliphatic heterocycles. The zero-order valence-corrected chi connectivity index (χ0v) is 10.5. The average molecular weight is 224 g/mol. The summed E-state index contributed by atoms with van der Waals surface area (Å²) in [6.45, 7) is 8.13. The van der Waals surface area contributed by atoms with Crippen LogP contribution in [0.5, 0.6) is 0 Å². The maximum atomic E-state index is 5.99. The summed E-state index contributed by atoms with van der Waals surface area (Å²) in [5.41, 5.74) is 1.99. The summed E-state index contributed by atoms with van der Waals surface area (Å²) in [5, 5.41) is -0.00649. The first kappa shape index (κ1) is 12.3. The van der Waals surface area contributed by atoms with Gasteiger partial charge in [0.15, 0.2) is 0 Å². The van der Waals surface area contributed by atoms with Gasteiger partial charge in [0.2, 0.25) is 0 Å². The molecule has 0 radical (unpaired) electrons. The van der Waals surface area contributed by atoms with E-state index in [1.807, 2.05) is 32.0 Å². The van der Waals surface area contributed by atoms with Gasteiger partial charge in [0.1, 0.15) is 0 Å². The van der Waals surface area contributed by atoms with Crippen LogP contribution < -0.4 is 0 Å². The molecular formula is C13H18ClN. The first-order valence-corrected chi connectivity index (χ1v) is 5.63. The van der Waals surface area contributed by atoms with E-state index in [1.54, 1.807) is 0 Å². The van der Waals surface area contributed by atoms with Crippen LogP contribution in [0.4, 0.5) is 0 Å². The number of halogens is 1. The van der Waals surface area contributed by atoms with Gasteiger partial charge in [-0.15, -0.1) is 11.6 Å². The molecule has 0 saturated heterocycles. The highest BCUT2D eigenvalue weighted by Gasteiger charge is 2.19. The van der Waals surface area contributed by atoms with Gasteiger partial charge in [0.05, 0.1) is 10.9 Å². The van der Waals surface area contributed by atoms with Crippen molar-refractivity contribution in [1.82, 2.24) is 0 Å². The van der Waals surface area contributed by atoms with Crippen LogP contribution in [0.25, 0.3) is 0 Å². The van der Waals surface area contributed by atoms with Gasteiger partial charge in [-0.05, 0) is 33.3 Å². The fourth-order valence-electron chi connectivity index (χ4n) is 1.44. The van der Waals surface area contributed by atoms with Gasteiger partial charge in [-0.2, -0.15) is 0 Å². The molecule has 0 N–H and O–H groups in total. The van der Waals surface area contributed by atoms with Crippen molar-refractivity contribution in [3.05, 3.63) is 35.9 Å². The lowest BCUT2D eigenvalue weighted by atomic mass is 9.95. The summed E-state index contributed by atoms with van der Waals surface area (Å²) in [6.07, 6.45) is 0. The molecule has 1 unspecified atom stereocenters. The lowest BCUT2D eigenvalue weighted by molar-refractivity contribution is 0.556. The van der Waals surface area contributed by atoms with Crippen molar-refractivity contribution in [3.8, 4) is 0 Å². The van der Waals surface area contributed by atoms with Crippen molar-refractivity contribution in [2.75, 3.05) is 0 Å². The zero-order chi connectivity index (χ0) is 11.5. The second kappa shape index (κ2) is 4.80. The summed E-state index contributed by atoms with van der Waals surface area (Å²) in [6, 6.07) is 10.3. The van der Waals surface area contributed by atoms with Crippen LogP contribution in [0.3, 0.4) is 0 Å². The van der Waals surface area contributed by atoms with Gasteiger partial charge in [0.25, 0.3) is 0 Å². The molecule has 0 heterocycles. The maximum Gasteiger partial charge on any atom is 0.0800 e. The number of hydrogen-bond acceptors (Lipinski definition) is 1. The molecule has 1 nitrogen and oxygen atoms in total. The van der Waals surface area contributed by atoms with E-state index >= 15 is 0 Å². The SMILES string of the molecule is CC(=NC(C)(C)c1ccccc1)C(C)Cl. The van der Waals surface area contributed by atoms with E-state index in [2.05, 4.69) is 31.0 Å². The second-order valence-electron chi connectivity index (χ2n) is 4.29. The molecule has 0 saturated carbocycles. The van der Waals surface area contributed by atoms with E-state index in [4.69, 9.17) is 11.6 Å². The first-order chi connectivity index (χ1) is 6.93. The van der Waals surface area contributed by atoms with Gasteiger partial charge in [-0.1, -0.05) is 30.3 Å². The quantitative estimate of drug-likeness (QED) is 0.543. The number of nitrogens with zero attached hydrogens (tertiary/aromatic N) is 1. The molecule has 0 amide bonds. The number of rotatable bonds is 3. The molecule has 1 aromatic rings. The van der Waals surface area contributed by atoms with Crippen LogP contribution in [-0.4, -0.2) is 11.1 Å². The average Bonchev–Trinajstić information content (AvgIpc) is 2.18. The summed E-state index contributed by atoms with van der Waals surface area (Å²) < 4.78 is 0. The summed E-state index contributed by atoms with van der Waals surface area (Å²) in [5.74, 6) is 0. The minimum Gasteiger partial charge on any atom is -0.282 e. The largest absolute Gasteiger partial charge is 0.282 e. The lowest BCUT2D eigenvalue weighted by Crippen LogP contribution is -2.19. The van der Waals surface area contributed by atoms with Crippen LogP contribution in [0.2, 0.25) is 0 Å². The molecule has 2 heteroatoms. The molecule has 1 aromatic carbocycles. The number of hydrogen-bond donors (Lipinski definition) is 0. The Bertz CT molecular complexity index is 339. The standard InChI is InChI=1S/C13H18ClN/c1-10(14)11(2)15-13(3,4)12-8-6-5-7-9-12/h5-10H,1-4H3. The maximum absolute atomic E-state index is 5.99. The molecule has 15 heavy (non-hydrogen) atoms. The van der Waals surface area contributed by atoms with Crippen molar-refractivity contribution in [3.63, 3.8) is 0 Å². The lowest BCUT2D eigenvalue weighted by Gasteiger charge is -2.22.